The Morgan fingerprint density at radius 1 is 1.15 bits per heavy atom. The van der Waals surface area contributed by atoms with Crippen LogP contribution in [0.4, 0.5) is 0 Å². The molecule has 20 heavy (non-hydrogen) atoms. The van der Waals surface area contributed by atoms with Gasteiger partial charge in [-0.15, -0.1) is 0 Å². The number of ether oxygens (including phenoxy) is 2. The average Bonchev–Trinajstić information content (AvgIpc) is 2.53. The molecular formula is C15H18N2O3. The predicted octanol–water partition coefficient (Wildman–Crippen LogP) is 2.26. The van der Waals surface area contributed by atoms with Gasteiger partial charge in [-0.1, -0.05) is 18.6 Å². The van der Waals surface area contributed by atoms with E-state index in [0.29, 0.717) is 11.5 Å². The number of para-hydroxylation sites is 2. The number of fused-ring (bicyclic) bond motifs is 1. The van der Waals surface area contributed by atoms with Crippen LogP contribution < -0.4 is 14.9 Å². The second-order valence-corrected chi connectivity index (χ2v) is 5.08. The molecule has 1 amide bonds. The Bertz CT molecular complexity index is 520. The molecule has 0 saturated heterocycles. The third kappa shape index (κ3) is 2.92. The number of hydrazone groups is 1. The normalized spacial score (nSPS) is 21.2. The molecule has 1 atom stereocenters. The summed E-state index contributed by atoms with van der Waals surface area (Å²) < 4.78 is 11.1. The number of benzene rings is 1. The van der Waals surface area contributed by atoms with Crippen molar-refractivity contribution < 1.29 is 14.3 Å². The highest BCUT2D eigenvalue weighted by Gasteiger charge is 2.27. The molecule has 106 valence electrons. The van der Waals surface area contributed by atoms with Crippen molar-refractivity contribution in [3.63, 3.8) is 0 Å². The molecule has 1 heterocycles. The molecule has 1 aliphatic heterocycles. The smallest absolute Gasteiger partial charge is 0.284 e. The van der Waals surface area contributed by atoms with E-state index in [1.54, 1.807) is 6.07 Å². The SMILES string of the molecule is O=C(NN=C1CCCCC1)[C@@H]1COc2ccccc2O1. The van der Waals surface area contributed by atoms with Crippen molar-refractivity contribution in [1.29, 1.82) is 0 Å². The summed E-state index contributed by atoms with van der Waals surface area (Å²) in [6.45, 7) is 0.216. The zero-order chi connectivity index (χ0) is 13.8. The van der Waals surface area contributed by atoms with Crippen LogP contribution in [0.15, 0.2) is 29.4 Å². The fraction of sp³-hybridized carbons (Fsp3) is 0.467. The van der Waals surface area contributed by atoms with Crippen LogP contribution in [0.3, 0.4) is 0 Å². The molecule has 1 aromatic carbocycles. The van der Waals surface area contributed by atoms with E-state index in [2.05, 4.69) is 10.5 Å². The lowest BCUT2D eigenvalue weighted by atomic mass is 9.99. The summed E-state index contributed by atoms with van der Waals surface area (Å²) >= 11 is 0. The number of carbonyl (C=O) groups excluding carboxylic acids is 1. The Morgan fingerprint density at radius 2 is 1.90 bits per heavy atom. The lowest BCUT2D eigenvalue weighted by Gasteiger charge is -2.25. The summed E-state index contributed by atoms with van der Waals surface area (Å²) in [5, 5.41) is 4.20. The Balaban J connectivity index is 1.58. The van der Waals surface area contributed by atoms with Gasteiger partial charge in [-0.2, -0.15) is 5.10 Å². The van der Waals surface area contributed by atoms with Crippen LogP contribution in [0, 0.1) is 0 Å². The van der Waals surface area contributed by atoms with Crippen LogP contribution in [-0.2, 0) is 4.79 Å². The number of rotatable bonds is 2. The molecule has 1 aliphatic carbocycles. The van der Waals surface area contributed by atoms with E-state index >= 15 is 0 Å². The third-order valence-electron chi connectivity index (χ3n) is 3.56. The van der Waals surface area contributed by atoms with E-state index in [4.69, 9.17) is 9.47 Å². The van der Waals surface area contributed by atoms with E-state index in [1.807, 2.05) is 18.2 Å². The second-order valence-electron chi connectivity index (χ2n) is 5.08. The van der Waals surface area contributed by atoms with Gasteiger partial charge in [0.2, 0.25) is 6.10 Å². The Morgan fingerprint density at radius 3 is 2.70 bits per heavy atom. The summed E-state index contributed by atoms with van der Waals surface area (Å²) in [4.78, 5) is 12.0. The van der Waals surface area contributed by atoms with Gasteiger partial charge in [0.1, 0.15) is 6.61 Å². The van der Waals surface area contributed by atoms with Crippen LogP contribution in [0.1, 0.15) is 32.1 Å². The maximum Gasteiger partial charge on any atom is 0.284 e. The third-order valence-corrected chi connectivity index (χ3v) is 3.56. The molecule has 1 saturated carbocycles. The van der Waals surface area contributed by atoms with Gasteiger partial charge in [0.25, 0.3) is 5.91 Å². The zero-order valence-corrected chi connectivity index (χ0v) is 11.3. The van der Waals surface area contributed by atoms with Crippen molar-refractivity contribution >= 4 is 11.6 Å². The lowest BCUT2D eigenvalue weighted by molar-refractivity contribution is -0.130. The maximum atomic E-state index is 12.0. The van der Waals surface area contributed by atoms with Gasteiger partial charge in [-0.25, -0.2) is 5.43 Å². The number of hydrogen-bond acceptors (Lipinski definition) is 4. The standard InChI is InChI=1S/C15H18N2O3/c18-15(17-16-11-6-2-1-3-7-11)14-10-19-12-8-4-5-9-13(12)20-14/h4-5,8-9,14H,1-3,6-7,10H2,(H,17,18)/t14-/m0/s1. The summed E-state index contributed by atoms with van der Waals surface area (Å²) in [6, 6.07) is 7.34. The fourth-order valence-electron chi connectivity index (χ4n) is 2.43. The molecule has 1 aromatic rings. The molecule has 0 radical (unpaired) electrons. The molecular weight excluding hydrogens is 256 g/mol. The molecule has 3 rings (SSSR count). The van der Waals surface area contributed by atoms with E-state index < -0.39 is 6.10 Å². The largest absolute Gasteiger partial charge is 0.485 e. The van der Waals surface area contributed by atoms with Gasteiger partial charge in [0.05, 0.1) is 0 Å². The minimum atomic E-state index is -0.641. The Hall–Kier alpha value is -2.04. The molecule has 5 nitrogen and oxygen atoms in total. The van der Waals surface area contributed by atoms with Gasteiger partial charge < -0.3 is 9.47 Å². The number of nitrogens with one attached hydrogen (secondary N) is 1. The average molecular weight is 274 g/mol. The van der Waals surface area contributed by atoms with E-state index in [-0.39, 0.29) is 12.5 Å². The maximum absolute atomic E-state index is 12.0. The van der Waals surface area contributed by atoms with Crippen molar-refractivity contribution in [3.8, 4) is 11.5 Å². The van der Waals surface area contributed by atoms with E-state index in [1.165, 1.54) is 6.42 Å². The van der Waals surface area contributed by atoms with E-state index in [0.717, 1.165) is 31.4 Å². The zero-order valence-electron chi connectivity index (χ0n) is 11.3. The van der Waals surface area contributed by atoms with Gasteiger partial charge in [0, 0.05) is 5.71 Å². The Kier molecular flexibility index (Phi) is 3.85. The molecule has 0 unspecified atom stereocenters. The monoisotopic (exact) mass is 274 g/mol. The van der Waals surface area contributed by atoms with Gasteiger partial charge >= 0.3 is 0 Å². The van der Waals surface area contributed by atoms with Gasteiger partial charge in [-0.05, 0) is 37.8 Å². The van der Waals surface area contributed by atoms with Crippen molar-refractivity contribution in [1.82, 2.24) is 5.43 Å². The lowest BCUT2D eigenvalue weighted by Crippen LogP contribution is -2.42. The highest BCUT2D eigenvalue weighted by atomic mass is 16.6. The van der Waals surface area contributed by atoms with Crippen LogP contribution in [0.25, 0.3) is 0 Å². The quantitative estimate of drug-likeness (QED) is 0.841. The summed E-state index contributed by atoms with van der Waals surface area (Å²) in [5.74, 6) is 1.02. The van der Waals surface area contributed by atoms with Crippen LogP contribution in [0.5, 0.6) is 11.5 Å². The van der Waals surface area contributed by atoms with Crippen molar-refractivity contribution in [2.75, 3.05) is 6.61 Å². The molecule has 1 fully saturated rings. The highest BCUT2D eigenvalue weighted by Crippen LogP contribution is 2.30. The first-order chi connectivity index (χ1) is 9.83. The molecule has 0 bridgehead atoms. The number of carbonyl (C=O) groups is 1. The first kappa shape index (κ1) is 13.0. The molecule has 0 spiro atoms. The van der Waals surface area contributed by atoms with Crippen LogP contribution >= 0.6 is 0 Å². The van der Waals surface area contributed by atoms with Crippen LogP contribution in [-0.4, -0.2) is 24.3 Å². The molecule has 0 aromatic heterocycles. The summed E-state index contributed by atoms with van der Waals surface area (Å²) in [5.41, 5.74) is 3.67. The molecule has 1 N–H and O–H groups in total. The van der Waals surface area contributed by atoms with Crippen molar-refractivity contribution in [3.05, 3.63) is 24.3 Å². The first-order valence-corrected chi connectivity index (χ1v) is 7.07. The minimum absolute atomic E-state index is 0.216. The summed E-state index contributed by atoms with van der Waals surface area (Å²) in [7, 11) is 0. The van der Waals surface area contributed by atoms with Crippen molar-refractivity contribution in [2.45, 2.75) is 38.2 Å². The van der Waals surface area contributed by atoms with Gasteiger partial charge in [-0.3, -0.25) is 4.79 Å². The van der Waals surface area contributed by atoms with Crippen molar-refractivity contribution in [2.24, 2.45) is 5.10 Å². The Labute approximate surface area is 118 Å². The number of amides is 1. The molecule has 5 heteroatoms. The predicted molar refractivity (Wildman–Crippen MR) is 75.0 cm³/mol. The summed E-state index contributed by atoms with van der Waals surface area (Å²) in [6.07, 6.45) is 4.88. The topological polar surface area (TPSA) is 59.9 Å². The molecule has 2 aliphatic rings. The first-order valence-electron chi connectivity index (χ1n) is 7.07. The van der Waals surface area contributed by atoms with Crippen LogP contribution in [0.2, 0.25) is 0 Å². The highest BCUT2D eigenvalue weighted by molar-refractivity contribution is 5.88. The van der Waals surface area contributed by atoms with Gasteiger partial charge in [0.15, 0.2) is 11.5 Å². The number of hydrogen-bond donors (Lipinski definition) is 1. The second kappa shape index (κ2) is 5.94. The fourth-order valence-corrected chi connectivity index (χ4v) is 2.43. The van der Waals surface area contributed by atoms with E-state index in [9.17, 15) is 4.79 Å². The minimum Gasteiger partial charge on any atom is -0.485 e. The number of nitrogens with zero attached hydrogens (tertiary/aromatic N) is 1.